The van der Waals surface area contributed by atoms with Crippen molar-refractivity contribution in [3.05, 3.63) is 44.6 Å². The van der Waals surface area contributed by atoms with Crippen molar-refractivity contribution < 1.29 is 17.9 Å². The van der Waals surface area contributed by atoms with E-state index in [1.807, 2.05) is 0 Å². The lowest BCUT2D eigenvalue weighted by Crippen LogP contribution is -2.51. The van der Waals surface area contributed by atoms with Crippen LogP contribution in [0.4, 0.5) is 15.6 Å². The van der Waals surface area contributed by atoms with Crippen LogP contribution in [0.1, 0.15) is 53.6 Å². The Hall–Kier alpha value is -2.21. The van der Waals surface area contributed by atoms with Crippen molar-refractivity contribution in [2.24, 2.45) is 0 Å². The molecule has 9 nitrogen and oxygen atoms in total. The zero-order chi connectivity index (χ0) is 23.2. The summed E-state index contributed by atoms with van der Waals surface area (Å²) in [6, 6.07) is 0.530. The summed E-state index contributed by atoms with van der Waals surface area (Å²) in [6.45, 7) is 2.52. The minimum Gasteiger partial charge on any atom is -0.740 e. The number of benzene rings is 1. The topological polar surface area (TPSA) is 115 Å². The number of nitrogens with one attached hydrogen (secondary N) is 1. The Labute approximate surface area is 197 Å². The summed E-state index contributed by atoms with van der Waals surface area (Å²) in [6.07, 6.45) is 6.33. The molecular weight excluding hydrogens is 464 g/mol. The molecule has 3 aliphatic rings. The maximum absolute atomic E-state index is 13.4. The molecule has 0 radical (unpaired) electrons. The molecule has 11 heteroatoms. The van der Waals surface area contributed by atoms with E-state index >= 15 is 0 Å². The average Bonchev–Trinajstić information content (AvgIpc) is 3.55. The van der Waals surface area contributed by atoms with E-state index in [0.29, 0.717) is 37.4 Å². The lowest BCUT2D eigenvalue weighted by atomic mass is 9.99. The molecule has 2 amide bonds. The van der Waals surface area contributed by atoms with Crippen LogP contribution in [0.3, 0.4) is 0 Å². The number of anilines is 2. The van der Waals surface area contributed by atoms with Gasteiger partial charge in [0.15, 0.2) is 0 Å². The van der Waals surface area contributed by atoms with E-state index in [0.717, 1.165) is 65.3 Å². The molecule has 2 aromatic rings. The minimum atomic E-state index is -4.70. The summed E-state index contributed by atoms with van der Waals surface area (Å²) >= 11 is 1.14. The van der Waals surface area contributed by atoms with Crippen LogP contribution >= 0.6 is 11.3 Å². The van der Waals surface area contributed by atoms with Crippen molar-refractivity contribution in [1.29, 1.82) is 0 Å². The highest BCUT2D eigenvalue weighted by atomic mass is 32.2. The van der Waals surface area contributed by atoms with Gasteiger partial charge < -0.3 is 15.3 Å². The Bertz CT molecular complexity index is 1140. The van der Waals surface area contributed by atoms with Crippen LogP contribution in [0.5, 0.6) is 0 Å². The lowest BCUT2D eigenvalue weighted by molar-refractivity contribution is 0.0874. The zero-order valence-corrected chi connectivity index (χ0v) is 20.1. The van der Waals surface area contributed by atoms with Gasteiger partial charge in [0.05, 0.1) is 11.7 Å². The Morgan fingerprint density at radius 2 is 1.79 bits per heavy atom. The number of fused-ring (bicyclic) bond motifs is 2. The van der Waals surface area contributed by atoms with Crippen molar-refractivity contribution in [3.8, 4) is 0 Å². The number of hydroxylamine groups is 1. The maximum atomic E-state index is 13.4. The Morgan fingerprint density at radius 3 is 2.36 bits per heavy atom. The Kier molecular flexibility index (Phi) is 6.06. The second-order valence-electron chi connectivity index (χ2n) is 8.81. The van der Waals surface area contributed by atoms with Gasteiger partial charge in [0.1, 0.15) is 0 Å². The number of carbonyl (C=O) groups is 1. The smallest absolute Gasteiger partial charge is 0.326 e. The first kappa shape index (κ1) is 22.6. The molecule has 33 heavy (non-hydrogen) atoms. The molecular formula is C22H27N4O5S2-. The number of rotatable bonds is 5. The third-order valence-corrected chi connectivity index (χ3v) is 9.27. The molecule has 0 bridgehead atoms. The molecule has 1 saturated heterocycles. The summed E-state index contributed by atoms with van der Waals surface area (Å²) in [7, 11) is -4.70. The largest absolute Gasteiger partial charge is 0.740 e. The maximum Gasteiger partial charge on any atom is 0.326 e. The van der Waals surface area contributed by atoms with Crippen LogP contribution in [0.15, 0.2) is 11.4 Å². The van der Waals surface area contributed by atoms with E-state index in [9.17, 15) is 18.4 Å². The minimum absolute atomic E-state index is 0.189. The molecule has 178 valence electrons. The van der Waals surface area contributed by atoms with E-state index in [1.54, 1.807) is 12.3 Å². The lowest BCUT2D eigenvalue weighted by Gasteiger charge is -2.38. The first-order chi connectivity index (χ1) is 15.9. The van der Waals surface area contributed by atoms with E-state index < -0.39 is 26.8 Å². The summed E-state index contributed by atoms with van der Waals surface area (Å²) in [5, 5.41) is 17.7. The molecule has 0 saturated carbocycles. The van der Waals surface area contributed by atoms with Gasteiger partial charge in [0, 0.05) is 24.3 Å². The highest BCUT2D eigenvalue weighted by Crippen LogP contribution is 2.39. The summed E-state index contributed by atoms with van der Waals surface area (Å²) < 4.78 is 32.9. The second-order valence-corrected chi connectivity index (χ2v) is 11.3. The molecule has 0 spiro atoms. The number of thiazole rings is 1. The quantitative estimate of drug-likeness (QED) is 0.638. The molecule has 2 aliphatic carbocycles. The highest BCUT2D eigenvalue weighted by molar-refractivity contribution is 7.91. The Morgan fingerprint density at radius 1 is 1.15 bits per heavy atom. The van der Waals surface area contributed by atoms with Crippen molar-refractivity contribution in [2.75, 3.05) is 22.8 Å². The molecule has 0 atom stereocenters. The van der Waals surface area contributed by atoms with E-state index in [-0.39, 0.29) is 5.13 Å². The fourth-order valence-electron chi connectivity index (χ4n) is 5.11. The molecule has 1 aromatic heterocycles. The van der Waals surface area contributed by atoms with E-state index in [4.69, 9.17) is 4.74 Å². The standard InChI is InChI=1S/C22H27N4O5S2/c1-14-13-32-22(23-14)25(17-8-10-31-11-9-17)33(29,30)26(28)21(27)24-20-18-6-2-4-15(18)12-16-5-3-7-19(16)20/h12-13,17H,2-11H2,1H3,(H,24,27)/q-1. The molecule has 2 heterocycles. The molecule has 0 unspecified atom stereocenters. The third-order valence-electron chi connectivity index (χ3n) is 6.65. The predicted octanol–water partition coefficient (Wildman–Crippen LogP) is 3.69. The van der Waals surface area contributed by atoms with Crippen LogP contribution in [0.2, 0.25) is 0 Å². The number of ether oxygens (including phenoxy) is 1. The van der Waals surface area contributed by atoms with Gasteiger partial charge in [-0.3, -0.25) is 4.47 Å². The summed E-state index contributed by atoms with van der Waals surface area (Å²) in [5.74, 6) is 0. The van der Waals surface area contributed by atoms with Gasteiger partial charge in [-0.2, -0.15) is 8.42 Å². The third kappa shape index (κ3) is 4.11. The fraction of sp³-hybridized carbons (Fsp3) is 0.545. The van der Waals surface area contributed by atoms with Crippen LogP contribution < -0.4 is 9.62 Å². The number of amides is 2. The number of nitrogens with zero attached hydrogens (tertiary/aromatic N) is 3. The van der Waals surface area contributed by atoms with Crippen molar-refractivity contribution in [2.45, 2.75) is 64.3 Å². The van der Waals surface area contributed by atoms with Crippen LogP contribution in [-0.4, -0.2) is 43.2 Å². The zero-order valence-electron chi connectivity index (χ0n) is 18.5. The molecule has 1 fully saturated rings. The van der Waals surface area contributed by atoms with Crippen LogP contribution in [-0.2, 0) is 40.6 Å². The molecule has 1 aromatic carbocycles. The van der Waals surface area contributed by atoms with Gasteiger partial charge >= 0.3 is 16.2 Å². The highest BCUT2D eigenvalue weighted by Gasteiger charge is 2.37. The number of aromatic nitrogens is 1. The Balaban J connectivity index is 1.45. The first-order valence-electron chi connectivity index (χ1n) is 11.4. The second kappa shape index (κ2) is 8.86. The van der Waals surface area contributed by atoms with Gasteiger partial charge in [-0.15, -0.1) is 11.3 Å². The van der Waals surface area contributed by atoms with Crippen molar-refractivity contribution in [3.63, 3.8) is 0 Å². The molecule has 1 aliphatic heterocycles. The number of aryl methyl sites for hydroxylation is 3. The predicted molar refractivity (Wildman–Crippen MR) is 127 cm³/mol. The molecule has 1 N–H and O–H groups in total. The monoisotopic (exact) mass is 491 g/mol. The SMILES string of the molecule is Cc1csc(N(C2CCOCC2)S(=O)(=O)N([O-])C(=O)Nc2c3c(cc4c2CCC4)CCC3)n1. The number of hydrogen-bond acceptors (Lipinski definition) is 7. The van der Waals surface area contributed by atoms with Crippen LogP contribution in [0, 0.1) is 12.1 Å². The number of carbonyl (C=O) groups excluding carboxylic acids is 1. The van der Waals surface area contributed by atoms with E-state index in [1.165, 1.54) is 11.1 Å². The molecule has 5 rings (SSSR count). The van der Waals surface area contributed by atoms with Gasteiger partial charge in [0.25, 0.3) is 0 Å². The van der Waals surface area contributed by atoms with Crippen LogP contribution in [0.25, 0.3) is 0 Å². The average molecular weight is 492 g/mol. The van der Waals surface area contributed by atoms with Crippen molar-refractivity contribution in [1.82, 2.24) is 9.45 Å². The summed E-state index contributed by atoms with van der Waals surface area (Å²) in [5.41, 5.74) is 5.74. The number of hydrogen-bond donors (Lipinski definition) is 1. The van der Waals surface area contributed by atoms with Gasteiger partial charge in [-0.1, -0.05) is 6.07 Å². The summed E-state index contributed by atoms with van der Waals surface area (Å²) in [4.78, 5) is 17.3. The first-order valence-corrected chi connectivity index (χ1v) is 13.6. The normalized spacial score (nSPS) is 18.1. The number of urea groups is 1. The van der Waals surface area contributed by atoms with Gasteiger partial charge in [-0.25, -0.2) is 14.1 Å². The fourth-order valence-corrected chi connectivity index (χ4v) is 7.54. The van der Waals surface area contributed by atoms with Gasteiger partial charge in [0.2, 0.25) is 5.13 Å². The van der Waals surface area contributed by atoms with Gasteiger partial charge in [-0.05, 0) is 80.5 Å². The van der Waals surface area contributed by atoms with E-state index in [2.05, 4.69) is 16.4 Å². The van der Waals surface area contributed by atoms with Crippen molar-refractivity contribution >= 4 is 38.4 Å².